The lowest BCUT2D eigenvalue weighted by atomic mass is 9.95. The molecule has 0 saturated carbocycles. The van der Waals surface area contributed by atoms with Crippen LogP contribution < -0.4 is 15.2 Å². The number of piperidine rings is 1. The van der Waals surface area contributed by atoms with Crippen molar-refractivity contribution >= 4 is 27.5 Å². The van der Waals surface area contributed by atoms with Crippen molar-refractivity contribution in [3.8, 4) is 5.75 Å². The van der Waals surface area contributed by atoms with Crippen molar-refractivity contribution in [3.05, 3.63) is 54.1 Å². The van der Waals surface area contributed by atoms with E-state index in [2.05, 4.69) is 5.32 Å². The van der Waals surface area contributed by atoms with E-state index in [4.69, 9.17) is 9.88 Å². The van der Waals surface area contributed by atoms with E-state index in [-0.39, 0.29) is 28.7 Å². The van der Waals surface area contributed by atoms with E-state index in [0.29, 0.717) is 38.0 Å². The Morgan fingerprint density at radius 3 is 2.38 bits per heavy atom. The first-order valence-electron chi connectivity index (χ1n) is 10.6. The fourth-order valence-electron chi connectivity index (χ4n) is 3.65. The molecule has 0 spiro atoms. The fraction of sp³-hybridized carbons (Fsp3) is 0.391. The highest BCUT2D eigenvalue weighted by Crippen LogP contribution is 2.22. The van der Waals surface area contributed by atoms with Gasteiger partial charge in [0.05, 0.1) is 17.4 Å². The molecule has 0 atom stereocenters. The van der Waals surface area contributed by atoms with Gasteiger partial charge in [-0.1, -0.05) is 12.1 Å². The molecule has 3 rings (SSSR count). The average molecular weight is 460 g/mol. The molecule has 2 aromatic rings. The Labute approximate surface area is 188 Å². The number of amides is 2. The monoisotopic (exact) mass is 459 g/mol. The number of hydrogen-bond acceptors (Lipinski definition) is 5. The normalized spacial score (nSPS) is 14.9. The molecule has 0 unspecified atom stereocenters. The molecular weight excluding hydrogens is 430 g/mol. The average Bonchev–Trinajstić information content (AvgIpc) is 2.73. The van der Waals surface area contributed by atoms with E-state index in [1.165, 1.54) is 24.3 Å². The van der Waals surface area contributed by atoms with Gasteiger partial charge in [0.1, 0.15) is 5.75 Å². The van der Waals surface area contributed by atoms with Gasteiger partial charge in [-0.05, 0) is 68.7 Å². The van der Waals surface area contributed by atoms with Crippen LogP contribution in [-0.2, 0) is 26.0 Å². The lowest BCUT2D eigenvalue weighted by molar-refractivity contribution is -0.133. The summed E-state index contributed by atoms with van der Waals surface area (Å²) in [6, 6.07) is 13.3. The number of carbonyl (C=O) groups excluding carboxylic acids is 2. The van der Waals surface area contributed by atoms with Crippen molar-refractivity contribution in [2.45, 2.75) is 44.1 Å². The molecule has 2 amide bonds. The largest absolute Gasteiger partial charge is 0.491 e. The number of likely N-dealkylation sites (tertiary alicyclic amines) is 1. The number of rotatable bonds is 7. The van der Waals surface area contributed by atoms with Crippen molar-refractivity contribution in [1.82, 2.24) is 4.90 Å². The maximum Gasteiger partial charge on any atom is 0.238 e. The standard InChI is InChI=1S/C23H29N3O5S/c1-16(2)31-20-5-3-4-17(14-20)15-22(27)26-12-10-18(11-13-26)23(28)25-19-6-8-21(9-7-19)32(24,29)30/h3-9,14,16,18H,10-13,15H2,1-2H3,(H,25,28)(H2,24,29,30). The number of anilines is 1. The number of benzene rings is 2. The molecule has 0 aromatic heterocycles. The first kappa shape index (κ1) is 23.7. The smallest absolute Gasteiger partial charge is 0.238 e. The number of carbonyl (C=O) groups is 2. The number of nitrogens with two attached hydrogens (primary N) is 1. The number of sulfonamides is 1. The van der Waals surface area contributed by atoms with Gasteiger partial charge >= 0.3 is 0 Å². The van der Waals surface area contributed by atoms with E-state index >= 15 is 0 Å². The van der Waals surface area contributed by atoms with Gasteiger partial charge < -0.3 is 15.0 Å². The second kappa shape index (κ2) is 10.1. The van der Waals surface area contributed by atoms with Crippen molar-refractivity contribution < 1.29 is 22.7 Å². The maximum atomic E-state index is 12.7. The molecule has 1 aliphatic rings. The minimum absolute atomic E-state index is 0.0105. The van der Waals surface area contributed by atoms with Crippen molar-refractivity contribution in [1.29, 1.82) is 0 Å². The summed E-state index contributed by atoms with van der Waals surface area (Å²) in [5, 5.41) is 7.89. The molecule has 0 aliphatic carbocycles. The first-order chi connectivity index (χ1) is 15.1. The third kappa shape index (κ3) is 6.54. The van der Waals surface area contributed by atoms with Crippen LogP contribution in [0.3, 0.4) is 0 Å². The number of primary sulfonamides is 1. The predicted molar refractivity (Wildman–Crippen MR) is 122 cm³/mol. The van der Waals surface area contributed by atoms with E-state index in [0.717, 1.165) is 11.3 Å². The minimum Gasteiger partial charge on any atom is -0.491 e. The second-order valence-corrected chi connectivity index (χ2v) is 9.77. The van der Waals surface area contributed by atoms with Crippen LogP contribution in [0.4, 0.5) is 5.69 Å². The molecule has 172 valence electrons. The highest BCUT2D eigenvalue weighted by Gasteiger charge is 2.27. The maximum absolute atomic E-state index is 12.7. The number of nitrogens with zero attached hydrogens (tertiary/aromatic N) is 1. The van der Waals surface area contributed by atoms with Crippen LogP contribution in [0.15, 0.2) is 53.4 Å². The minimum atomic E-state index is -3.77. The third-order valence-corrected chi connectivity index (χ3v) is 6.22. The van der Waals surface area contributed by atoms with Crippen LogP contribution in [0.1, 0.15) is 32.3 Å². The summed E-state index contributed by atoms with van der Waals surface area (Å²) < 4.78 is 28.3. The molecule has 2 aromatic carbocycles. The summed E-state index contributed by atoms with van der Waals surface area (Å²) in [6.45, 7) is 4.95. The molecule has 1 aliphatic heterocycles. The zero-order valence-corrected chi connectivity index (χ0v) is 19.1. The van der Waals surface area contributed by atoms with Gasteiger partial charge in [0.15, 0.2) is 0 Å². The zero-order chi connectivity index (χ0) is 23.3. The summed E-state index contributed by atoms with van der Waals surface area (Å²) in [4.78, 5) is 27.1. The second-order valence-electron chi connectivity index (χ2n) is 8.20. The summed E-state index contributed by atoms with van der Waals surface area (Å²) in [6.07, 6.45) is 1.51. The Morgan fingerprint density at radius 2 is 1.78 bits per heavy atom. The molecule has 1 fully saturated rings. The quantitative estimate of drug-likeness (QED) is 0.660. The van der Waals surface area contributed by atoms with Crippen molar-refractivity contribution in [2.75, 3.05) is 18.4 Å². The molecule has 1 saturated heterocycles. The predicted octanol–water partition coefficient (Wildman–Crippen LogP) is 2.54. The first-order valence-corrected chi connectivity index (χ1v) is 12.1. The molecule has 0 radical (unpaired) electrons. The van der Waals surface area contributed by atoms with Gasteiger partial charge in [-0.15, -0.1) is 0 Å². The number of ether oxygens (including phenoxy) is 1. The van der Waals surface area contributed by atoms with Crippen molar-refractivity contribution in [2.24, 2.45) is 11.1 Å². The lowest BCUT2D eigenvalue weighted by Gasteiger charge is -2.31. The highest BCUT2D eigenvalue weighted by atomic mass is 32.2. The Kier molecular flexibility index (Phi) is 7.52. The van der Waals surface area contributed by atoms with Crippen LogP contribution in [0.5, 0.6) is 5.75 Å². The molecular formula is C23H29N3O5S. The summed E-state index contributed by atoms with van der Waals surface area (Å²) >= 11 is 0. The van der Waals surface area contributed by atoms with E-state index < -0.39 is 10.0 Å². The highest BCUT2D eigenvalue weighted by molar-refractivity contribution is 7.89. The van der Waals surface area contributed by atoms with Crippen LogP contribution in [0.25, 0.3) is 0 Å². The fourth-order valence-corrected chi connectivity index (χ4v) is 4.17. The Bertz CT molecular complexity index is 1060. The summed E-state index contributed by atoms with van der Waals surface area (Å²) in [5.74, 6) is 0.431. The molecule has 8 nitrogen and oxygen atoms in total. The lowest BCUT2D eigenvalue weighted by Crippen LogP contribution is -2.42. The van der Waals surface area contributed by atoms with Crippen LogP contribution in [0, 0.1) is 5.92 Å². The van der Waals surface area contributed by atoms with Gasteiger partial charge in [0.25, 0.3) is 0 Å². The van der Waals surface area contributed by atoms with Crippen LogP contribution in [0.2, 0.25) is 0 Å². The number of hydrogen-bond donors (Lipinski definition) is 2. The summed E-state index contributed by atoms with van der Waals surface area (Å²) in [7, 11) is -3.77. The topological polar surface area (TPSA) is 119 Å². The van der Waals surface area contributed by atoms with Gasteiger partial charge in [0.2, 0.25) is 21.8 Å². The van der Waals surface area contributed by atoms with E-state index in [1.54, 1.807) is 4.90 Å². The van der Waals surface area contributed by atoms with Gasteiger partial charge in [0, 0.05) is 24.7 Å². The Balaban J connectivity index is 1.50. The van der Waals surface area contributed by atoms with Crippen LogP contribution in [-0.4, -0.2) is 44.3 Å². The molecule has 32 heavy (non-hydrogen) atoms. The molecule has 0 bridgehead atoms. The van der Waals surface area contributed by atoms with Crippen LogP contribution >= 0.6 is 0 Å². The van der Waals surface area contributed by atoms with Gasteiger partial charge in [-0.25, -0.2) is 13.6 Å². The van der Waals surface area contributed by atoms with E-state index in [1.807, 2.05) is 38.1 Å². The third-order valence-electron chi connectivity index (χ3n) is 5.29. The molecule has 9 heteroatoms. The number of nitrogens with one attached hydrogen (secondary N) is 1. The van der Waals surface area contributed by atoms with E-state index in [9.17, 15) is 18.0 Å². The Hall–Kier alpha value is -2.91. The van der Waals surface area contributed by atoms with Crippen molar-refractivity contribution in [3.63, 3.8) is 0 Å². The molecule has 3 N–H and O–H groups in total. The van der Waals surface area contributed by atoms with Gasteiger partial charge in [-0.2, -0.15) is 0 Å². The molecule has 1 heterocycles. The zero-order valence-electron chi connectivity index (χ0n) is 18.3. The SMILES string of the molecule is CC(C)Oc1cccc(CC(=O)N2CCC(C(=O)Nc3ccc(S(N)(=O)=O)cc3)CC2)c1. The van der Waals surface area contributed by atoms with Gasteiger partial charge in [-0.3, -0.25) is 9.59 Å². The Morgan fingerprint density at radius 1 is 1.12 bits per heavy atom. The summed E-state index contributed by atoms with van der Waals surface area (Å²) in [5.41, 5.74) is 1.40.